The maximum absolute atomic E-state index is 5.25. The van der Waals surface area contributed by atoms with E-state index < -0.39 is 0 Å². The zero-order chi connectivity index (χ0) is 11.5. The Morgan fingerprint density at radius 3 is 2.12 bits per heavy atom. The Morgan fingerprint density at radius 2 is 1.47 bits per heavy atom. The quantitative estimate of drug-likeness (QED) is 0.656. The fourth-order valence-corrected chi connectivity index (χ4v) is 1.75. The Morgan fingerprint density at radius 1 is 0.824 bits per heavy atom. The molecule has 1 aromatic heterocycles. The van der Waals surface area contributed by atoms with Crippen LogP contribution < -0.4 is 0 Å². The lowest BCUT2D eigenvalue weighted by atomic mass is 10.0. The van der Waals surface area contributed by atoms with Crippen LogP contribution in [0.1, 0.15) is 0 Å². The zero-order valence-corrected chi connectivity index (χ0v) is 9.13. The minimum Gasteiger partial charge on any atom is -0.445 e. The van der Waals surface area contributed by atoms with Crippen LogP contribution in [0.15, 0.2) is 65.4 Å². The Kier molecular flexibility index (Phi) is 2.47. The second-order valence-corrected chi connectivity index (χ2v) is 3.70. The molecule has 0 N–H and O–H groups in total. The fourth-order valence-electron chi connectivity index (χ4n) is 1.75. The van der Waals surface area contributed by atoms with Crippen molar-refractivity contribution in [2.75, 3.05) is 0 Å². The number of oxazole rings is 1. The van der Waals surface area contributed by atoms with Crippen LogP contribution in [0.4, 0.5) is 0 Å². The van der Waals surface area contributed by atoms with Gasteiger partial charge in [-0.25, -0.2) is 4.98 Å². The highest BCUT2D eigenvalue weighted by Crippen LogP contribution is 2.23. The van der Waals surface area contributed by atoms with Crippen molar-refractivity contribution in [2.45, 2.75) is 0 Å². The second-order valence-electron chi connectivity index (χ2n) is 3.70. The van der Waals surface area contributed by atoms with Gasteiger partial charge < -0.3 is 4.42 Å². The van der Waals surface area contributed by atoms with Crippen molar-refractivity contribution in [3.8, 4) is 22.6 Å². The average Bonchev–Trinajstić information content (AvgIpc) is 2.94. The molecule has 0 aliphatic heterocycles. The molecule has 0 aliphatic carbocycles. The van der Waals surface area contributed by atoms with E-state index in [0.29, 0.717) is 5.89 Å². The first kappa shape index (κ1) is 9.85. The molecule has 2 heteroatoms. The summed E-state index contributed by atoms with van der Waals surface area (Å²) >= 11 is 0. The molecule has 0 fully saturated rings. The van der Waals surface area contributed by atoms with E-state index in [2.05, 4.69) is 23.2 Å². The normalized spacial score (nSPS) is 10.4. The first-order valence-electron chi connectivity index (χ1n) is 5.40. The molecule has 1 heterocycles. The van der Waals surface area contributed by atoms with E-state index in [4.69, 9.17) is 4.42 Å². The molecule has 3 rings (SSSR count). The lowest BCUT2D eigenvalue weighted by Crippen LogP contribution is -1.79. The highest BCUT2D eigenvalue weighted by molar-refractivity contribution is 5.67. The molecule has 0 saturated heterocycles. The van der Waals surface area contributed by atoms with Gasteiger partial charge in [-0.3, -0.25) is 0 Å². The summed E-state index contributed by atoms with van der Waals surface area (Å²) in [7, 11) is 0. The van der Waals surface area contributed by atoms with Crippen molar-refractivity contribution in [3.63, 3.8) is 0 Å². The molecule has 0 bridgehead atoms. The Hall–Kier alpha value is -2.35. The van der Waals surface area contributed by atoms with Crippen LogP contribution >= 0.6 is 0 Å². The third-order valence-electron chi connectivity index (χ3n) is 2.62. The van der Waals surface area contributed by atoms with Crippen molar-refractivity contribution in [2.24, 2.45) is 0 Å². The summed E-state index contributed by atoms with van der Waals surface area (Å²) in [5, 5.41) is 0. The smallest absolute Gasteiger partial charge is 0.225 e. The number of hydrogen-bond acceptors (Lipinski definition) is 2. The van der Waals surface area contributed by atoms with E-state index >= 15 is 0 Å². The van der Waals surface area contributed by atoms with E-state index in [1.165, 1.54) is 11.1 Å². The van der Waals surface area contributed by atoms with Gasteiger partial charge in [0.2, 0.25) is 5.89 Å². The standard InChI is InChI=1S/C15H10NO/c1-2-4-12(5-3-1)13-6-8-14(9-7-13)15-16-10-11-17-15/h2-11H. The van der Waals surface area contributed by atoms with E-state index in [9.17, 15) is 0 Å². The summed E-state index contributed by atoms with van der Waals surface area (Å²) in [5.74, 6) is 0.651. The van der Waals surface area contributed by atoms with Gasteiger partial charge in [0.05, 0.1) is 6.20 Å². The van der Waals surface area contributed by atoms with Gasteiger partial charge in [-0.1, -0.05) is 36.4 Å². The fraction of sp³-hybridized carbons (Fsp3) is 0. The molecule has 2 nitrogen and oxygen atoms in total. The minimum absolute atomic E-state index is 0.651. The van der Waals surface area contributed by atoms with Gasteiger partial charge in [0.25, 0.3) is 0 Å². The second kappa shape index (κ2) is 4.26. The number of rotatable bonds is 2. The largest absolute Gasteiger partial charge is 0.445 e. The average molecular weight is 220 g/mol. The van der Waals surface area contributed by atoms with E-state index in [1.807, 2.05) is 36.4 Å². The predicted molar refractivity (Wildman–Crippen MR) is 66.2 cm³/mol. The van der Waals surface area contributed by atoms with Crippen molar-refractivity contribution in [3.05, 3.63) is 67.1 Å². The third kappa shape index (κ3) is 1.97. The van der Waals surface area contributed by atoms with Gasteiger partial charge in [-0.05, 0) is 29.3 Å². The first-order valence-corrected chi connectivity index (χ1v) is 5.40. The van der Waals surface area contributed by atoms with Gasteiger partial charge in [-0.15, -0.1) is 0 Å². The van der Waals surface area contributed by atoms with Gasteiger partial charge in [0.15, 0.2) is 0 Å². The summed E-state index contributed by atoms with van der Waals surface area (Å²) in [6.45, 7) is 0. The number of nitrogens with zero attached hydrogens (tertiary/aromatic N) is 1. The molecule has 0 saturated carbocycles. The molecule has 0 atom stereocenters. The van der Waals surface area contributed by atoms with E-state index in [0.717, 1.165) is 5.56 Å². The predicted octanol–water partition coefficient (Wildman–Crippen LogP) is 3.81. The SMILES string of the molecule is [c]1ccc(-c2ccc(-c3ncco3)cc2)cc1. The summed E-state index contributed by atoms with van der Waals surface area (Å²) in [6, 6.07) is 19.1. The maximum atomic E-state index is 5.25. The van der Waals surface area contributed by atoms with Crippen LogP contribution in [-0.2, 0) is 0 Å². The summed E-state index contributed by atoms with van der Waals surface area (Å²) in [5.41, 5.74) is 3.35. The lowest BCUT2D eigenvalue weighted by Gasteiger charge is -2.01. The van der Waals surface area contributed by atoms with Gasteiger partial charge in [-0.2, -0.15) is 0 Å². The van der Waals surface area contributed by atoms with Gasteiger partial charge >= 0.3 is 0 Å². The third-order valence-corrected chi connectivity index (χ3v) is 2.62. The van der Waals surface area contributed by atoms with Crippen molar-refractivity contribution in [1.29, 1.82) is 0 Å². The Labute approximate surface area is 99.6 Å². The number of hydrogen-bond donors (Lipinski definition) is 0. The van der Waals surface area contributed by atoms with Crippen molar-refractivity contribution in [1.82, 2.24) is 4.98 Å². The molecule has 0 spiro atoms. The van der Waals surface area contributed by atoms with Crippen LogP contribution in [-0.4, -0.2) is 4.98 Å². The molecule has 0 aliphatic rings. The molecule has 0 amide bonds. The molecular formula is C15H10NO. The first-order chi connectivity index (χ1) is 8.43. The van der Waals surface area contributed by atoms with Gasteiger partial charge in [0, 0.05) is 5.56 Å². The molecule has 81 valence electrons. The molecule has 1 radical (unpaired) electrons. The maximum Gasteiger partial charge on any atom is 0.225 e. The summed E-state index contributed by atoms with van der Waals surface area (Å²) in [6.07, 6.45) is 3.23. The van der Waals surface area contributed by atoms with Crippen LogP contribution in [0.5, 0.6) is 0 Å². The van der Waals surface area contributed by atoms with Gasteiger partial charge in [0.1, 0.15) is 6.26 Å². The molecule has 2 aromatic carbocycles. The number of benzene rings is 2. The van der Waals surface area contributed by atoms with Crippen molar-refractivity contribution < 1.29 is 4.42 Å². The number of aromatic nitrogens is 1. The van der Waals surface area contributed by atoms with Crippen LogP contribution in [0, 0.1) is 6.07 Å². The summed E-state index contributed by atoms with van der Waals surface area (Å²) in [4.78, 5) is 4.12. The van der Waals surface area contributed by atoms with Crippen LogP contribution in [0.25, 0.3) is 22.6 Å². The molecule has 0 unspecified atom stereocenters. The minimum atomic E-state index is 0.651. The lowest BCUT2D eigenvalue weighted by molar-refractivity contribution is 0.574. The topological polar surface area (TPSA) is 26.0 Å². The van der Waals surface area contributed by atoms with Crippen LogP contribution in [0.2, 0.25) is 0 Å². The Balaban J connectivity index is 1.96. The molecule has 17 heavy (non-hydrogen) atoms. The highest BCUT2D eigenvalue weighted by Gasteiger charge is 2.02. The van der Waals surface area contributed by atoms with Crippen LogP contribution in [0.3, 0.4) is 0 Å². The molecular weight excluding hydrogens is 210 g/mol. The zero-order valence-electron chi connectivity index (χ0n) is 9.13. The van der Waals surface area contributed by atoms with E-state index in [-0.39, 0.29) is 0 Å². The van der Waals surface area contributed by atoms with Crippen molar-refractivity contribution >= 4 is 0 Å². The van der Waals surface area contributed by atoms with E-state index in [1.54, 1.807) is 12.5 Å². The summed E-state index contributed by atoms with van der Waals surface area (Å²) < 4.78 is 5.25. The molecule has 3 aromatic rings. The highest BCUT2D eigenvalue weighted by atomic mass is 16.3. The monoisotopic (exact) mass is 220 g/mol. The Bertz CT molecular complexity index is 583.